The van der Waals surface area contributed by atoms with Gasteiger partial charge in [-0.1, -0.05) is 12.5 Å². The summed E-state index contributed by atoms with van der Waals surface area (Å²) < 4.78 is 5.18. The van der Waals surface area contributed by atoms with Gasteiger partial charge in [-0.15, -0.1) is 0 Å². The van der Waals surface area contributed by atoms with Gasteiger partial charge in [0.1, 0.15) is 12.2 Å². The third-order valence-corrected chi connectivity index (χ3v) is 3.72. The van der Waals surface area contributed by atoms with E-state index in [2.05, 4.69) is 25.1 Å². The number of hydrogen-bond donors (Lipinski definition) is 1. The van der Waals surface area contributed by atoms with Gasteiger partial charge in [0.05, 0.1) is 18.8 Å². The van der Waals surface area contributed by atoms with Crippen LogP contribution in [0.5, 0.6) is 5.88 Å². The van der Waals surface area contributed by atoms with E-state index in [-0.39, 0.29) is 0 Å². The van der Waals surface area contributed by atoms with Crippen LogP contribution in [-0.4, -0.2) is 38.7 Å². The second kappa shape index (κ2) is 6.00. The molecule has 20 heavy (non-hydrogen) atoms. The van der Waals surface area contributed by atoms with Gasteiger partial charge in [0, 0.05) is 12.6 Å². The van der Waals surface area contributed by atoms with Crippen molar-refractivity contribution in [2.24, 2.45) is 0 Å². The largest absolute Gasteiger partial charge is 0.481 e. The number of nitrogens with one attached hydrogen (secondary N) is 1. The lowest BCUT2D eigenvalue weighted by Crippen LogP contribution is -2.33. The van der Waals surface area contributed by atoms with Crippen LogP contribution in [0.3, 0.4) is 0 Å². The molecule has 3 heterocycles. The van der Waals surface area contributed by atoms with Crippen LogP contribution in [0.1, 0.15) is 36.8 Å². The molecule has 6 heteroatoms. The molecule has 3 rings (SSSR count). The molecule has 0 saturated carbocycles. The van der Waals surface area contributed by atoms with Crippen molar-refractivity contribution in [2.45, 2.75) is 31.8 Å². The monoisotopic (exact) mass is 273 g/mol. The number of piperidine rings is 1. The fraction of sp³-hybridized carbons (Fsp3) is 0.500. The summed E-state index contributed by atoms with van der Waals surface area (Å²) in [7, 11) is 1.64. The maximum absolute atomic E-state index is 5.18. The van der Waals surface area contributed by atoms with Crippen molar-refractivity contribution in [1.29, 1.82) is 0 Å². The van der Waals surface area contributed by atoms with Gasteiger partial charge in [-0.05, 0) is 25.5 Å². The first-order chi connectivity index (χ1) is 9.86. The van der Waals surface area contributed by atoms with Crippen molar-refractivity contribution in [2.75, 3.05) is 13.7 Å². The standard InChI is InChI=1S/C14H19N5O/c1-20-13-7-4-5-11(17-13)9-19-8-3-2-6-12(19)14-15-10-16-18-14/h4-5,7,10,12H,2-3,6,8-9H2,1H3,(H,15,16,18)/t12-/m0/s1. The Morgan fingerprint density at radius 1 is 1.40 bits per heavy atom. The molecule has 106 valence electrons. The second-order valence-corrected chi connectivity index (χ2v) is 5.02. The molecular weight excluding hydrogens is 254 g/mol. The van der Waals surface area contributed by atoms with Crippen molar-refractivity contribution in [3.05, 3.63) is 36.0 Å². The molecule has 0 aromatic carbocycles. The number of aromatic amines is 1. The maximum atomic E-state index is 5.18. The van der Waals surface area contributed by atoms with Crippen molar-refractivity contribution >= 4 is 0 Å². The zero-order valence-electron chi connectivity index (χ0n) is 11.6. The van der Waals surface area contributed by atoms with Gasteiger partial charge in [0.25, 0.3) is 0 Å². The van der Waals surface area contributed by atoms with Gasteiger partial charge in [0.15, 0.2) is 0 Å². The lowest BCUT2D eigenvalue weighted by molar-refractivity contribution is 0.132. The highest BCUT2D eigenvalue weighted by Crippen LogP contribution is 2.29. The lowest BCUT2D eigenvalue weighted by Gasteiger charge is -2.33. The van der Waals surface area contributed by atoms with Gasteiger partial charge in [-0.25, -0.2) is 9.97 Å². The quantitative estimate of drug-likeness (QED) is 0.922. The Hall–Kier alpha value is -1.95. The molecule has 1 aliphatic heterocycles. The fourth-order valence-corrected chi connectivity index (χ4v) is 2.73. The Bertz CT molecular complexity index is 542. The van der Waals surface area contributed by atoms with E-state index in [0.717, 1.165) is 31.0 Å². The van der Waals surface area contributed by atoms with E-state index in [0.29, 0.717) is 11.9 Å². The zero-order valence-corrected chi connectivity index (χ0v) is 11.6. The van der Waals surface area contributed by atoms with Gasteiger partial charge in [0.2, 0.25) is 5.88 Å². The number of H-pyrrole nitrogens is 1. The van der Waals surface area contributed by atoms with E-state index in [1.165, 1.54) is 12.8 Å². The number of pyridine rings is 1. The Balaban J connectivity index is 1.76. The topological polar surface area (TPSA) is 66.9 Å². The van der Waals surface area contributed by atoms with Gasteiger partial charge in [-0.2, -0.15) is 5.10 Å². The van der Waals surface area contributed by atoms with E-state index >= 15 is 0 Å². The number of rotatable bonds is 4. The summed E-state index contributed by atoms with van der Waals surface area (Å²) in [5.41, 5.74) is 1.02. The maximum Gasteiger partial charge on any atom is 0.213 e. The highest BCUT2D eigenvalue weighted by Gasteiger charge is 2.26. The molecule has 0 amide bonds. The minimum Gasteiger partial charge on any atom is -0.481 e. The molecule has 1 N–H and O–H groups in total. The SMILES string of the molecule is COc1cccc(CN2CCCC[C@H]2c2ncn[nH]2)n1. The van der Waals surface area contributed by atoms with Crippen molar-refractivity contribution < 1.29 is 4.74 Å². The van der Waals surface area contributed by atoms with Crippen molar-refractivity contribution in [3.8, 4) is 5.88 Å². The third kappa shape index (κ3) is 2.80. The average Bonchev–Trinajstić information content (AvgIpc) is 3.02. The first-order valence-electron chi connectivity index (χ1n) is 6.96. The summed E-state index contributed by atoms with van der Waals surface area (Å²) >= 11 is 0. The zero-order chi connectivity index (χ0) is 13.8. The van der Waals surface area contributed by atoms with Crippen LogP contribution < -0.4 is 4.74 Å². The highest BCUT2D eigenvalue weighted by molar-refractivity contribution is 5.16. The molecule has 6 nitrogen and oxygen atoms in total. The molecular formula is C14H19N5O. The molecule has 0 unspecified atom stereocenters. The molecule has 2 aromatic heterocycles. The summed E-state index contributed by atoms with van der Waals surface area (Å²) in [5, 5.41) is 6.97. The molecule has 0 spiro atoms. The Labute approximate surface area is 118 Å². The van der Waals surface area contributed by atoms with E-state index < -0.39 is 0 Å². The fourth-order valence-electron chi connectivity index (χ4n) is 2.73. The molecule has 0 radical (unpaired) electrons. The lowest BCUT2D eigenvalue weighted by atomic mass is 10.0. The normalized spacial score (nSPS) is 19.9. The van der Waals surface area contributed by atoms with Crippen LogP contribution in [0.4, 0.5) is 0 Å². The summed E-state index contributed by atoms with van der Waals surface area (Å²) in [6.45, 7) is 1.87. The third-order valence-electron chi connectivity index (χ3n) is 3.72. The van der Waals surface area contributed by atoms with Crippen LogP contribution in [-0.2, 0) is 6.54 Å². The van der Waals surface area contributed by atoms with Gasteiger partial charge in [-0.3, -0.25) is 10.00 Å². The summed E-state index contributed by atoms with van der Waals surface area (Å²) in [6.07, 6.45) is 5.13. The summed E-state index contributed by atoms with van der Waals surface area (Å²) in [6, 6.07) is 6.19. The molecule has 0 bridgehead atoms. The number of ether oxygens (including phenoxy) is 1. The van der Waals surface area contributed by atoms with Crippen LogP contribution in [0.15, 0.2) is 24.5 Å². The first-order valence-corrected chi connectivity index (χ1v) is 6.96. The summed E-state index contributed by atoms with van der Waals surface area (Å²) in [5.74, 6) is 1.61. The highest BCUT2D eigenvalue weighted by atomic mass is 16.5. The minimum atomic E-state index is 0.305. The minimum absolute atomic E-state index is 0.305. The van der Waals surface area contributed by atoms with Crippen molar-refractivity contribution in [3.63, 3.8) is 0 Å². The number of aromatic nitrogens is 4. The molecule has 1 fully saturated rings. The van der Waals surface area contributed by atoms with Gasteiger partial charge < -0.3 is 4.74 Å². The number of likely N-dealkylation sites (tertiary alicyclic amines) is 1. The van der Waals surface area contributed by atoms with Crippen molar-refractivity contribution in [1.82, 2.24) is 25.1 Å². The van der Waals surface area contributed by atoms with Crippen LogP contribution in [0.2, 0.25) is 0 Å². The van der Waals surface area contributed by atoms with Crippen LogP contribution >= 0.6 is 0 Å². The number of methoxy groups -OCH3 is 1. The molecule has 1 atom stereocenters. The smallest absolute Gasteiger partial charge is 0.213 e. The predicted molar refractivity (Wildman–Crippen MR) is 74.2 cm³/mol. The Morgan fingerprint density at radius 3 is 3.15 bits per heavy atom. The second-order valence-electron chi connectivity index (χ2n) is 5.02. The van der Waals surface area contributed by atoms with Gasteiger partial charge >= 0.3 is 0 Å². The van der Waals surface area contributed by atoms with E-state index in [9.17, 15) is 0 Å². The molecule has 2 aromatic rings. The first kappa shape index (κ1) is 13.1. The predicted octanol–water partition coefficient (Wildman–Crippen LogP) is 1.94. The van der Waals surface area contributed by atoms with Crippen LogP contribution in [0.25, 0.3) is 0 Å². The van der Waals surface area contributed by atoms with E-state index in [1.807, 2.05) is 18.2 Å². The number of hydrogen-bond acceptors (Lipinski definition) is 5. The Kier molecular flexibility index (Phi) is 3.92. The molecule has 1 saturated heterocycles. The van der Waals surface area contributed by atoms with E-state index in [1.54, 1.807) is 13.4 Å². The van der Waals surface area contributed by atoms with Crippen LogP contribution in [0, 0.1) is 0 Å². The average molecular weight is 273 g/mol. The molecule has 0 aliphatic carbocycles. The van der Waals surface area contributed by atoms with E-state index in [4.69, 9.17) is 4.74 Å². The molecule has 1 aliphatic rings. The number of nitrogens with zero attached hydrogens (tertiary/aromatic N) is 4. The summed E-state index contributed by atoms with van der Waals surface area (Å²) in [4.78, 5) is 11.2. The Morgan fingerprint density at radius 2 is 2.35 bits per heavy atom.